The Labute approximate surface area is 138 Å². The van der Waals surface area contributed by atoms with Crippen molar-refractivity contribution in [2.45, 2.75) is 19.6 Å². The number of Topliss-reactive ketones (excluding diaryl/α,β-unsaturated/α-hetero) is 1. The second-order valence-corrected chi connectivity index (χ2v) is 8.58. The van der Waals surface area contributed by atoms with Crippen molar-refractivity contribution >= 4 is 46.2 Å². The first kappa shape index (κ1) is 14.3. The first-order valence-corrected chi connectivity index (χ1v) is 8.51. The van der Waals surface area contributed by atoms with Crippen LogP contribution in [0.15, 0.2) is 42.5 Å². The first-order chi connectivity index (χ1) is 10.4. The number of hydrogen-bond donors (Lipinski definition) is 0. The summed E-state index contributed by atoms with van der Waals surface area (Å²) in [6.07, 6.45) is 3.08. The van der Waals surface area contributed by atoms with E-state index in [9.17, 15) is 19.7 Å². The maximum absolute atomic E-state index is 12.8. The number of benzene rings is 1. The SMILES string of the molecule is O=C(Cl)C12C=CC3(C(=O)c4ccccc4)SC3([N+](=O)[O-])C1S2. The van der Waals surface area contributed by atoms with Gasteiger partial charge in [-0.15, -0.1) is 11.8 Å². The number of ketones is 1. The monoisotopic (exact) mass is 353 g/mol. The van der Waals surface area contributed by atoms with Gasteiger partial charge in [-0.25, -0.2) is 0 Å². The number of hydrogen-bond acceptors (Lipinski definition) is 6. The first-order valence-electron chi connectivity index (χ1n) is 6.43. The van der Waals surface area contributed by atoms with Crippen LogP contribution < -0.4 is 0 Å². The molecule has 22 heavy (non-hydrogen) atoms. The van der Waals surface area contributed by atoms with Crippen molar-refractivity contribution in [2.75, 3.05) is 0 Å². The highest BCUT2D eigenvalue weighted by atomic mass is 35.5. The van der Waals surface area contributed by atoms with Crippen LogP contribution in [0.4, 0.5) is 0 Å². The molecule has 112 valence electrons. The van der Waals surface area contributed by atoms with Crippen molar-refractivity contribution < 1.29 is 14.5 Å². The van der Waals surface area contributed by atoms with Gasteiger partial charge in [0.1, 0.15) is 10.00 Å². The lowest BCUT2D eigenvalue weighted by Gasteiger charge is -2.18. The lowest BCUT2D eigenvalue weighted by atomic mass is 9.81. The fourth-order valence-corrected chi connectivity index (χ4v) is 6.76. The zero-order valence-electron chi connectivity index (χ0n) is 10.9. The molecule has 0 amide bonds. The Kier molecular flexibility index (Phi) is 2.70. The molecule has 4 atom stereocenters. The number of carbonyl (C=O) groups excluding carboxylic acids is 2. The van der Waals surface area contributed by atoms with Gasteiger partial charge in [0.25, 0.3) is 0 Å². The van der Waals surface area contributed by atoms with Crippen LogP contribution in [0.1, 0.15) is 10.4 Å². The van der Waals surface area contributed by atoms with Crippen LogP contribution >= 0.6 is 35.1 Å². The van der Waals surface area contributed by atoms with Crippen molar-refractivity contribution in [3.63, 3.8) is 0 Å². The van der Waals surface area contributed by atoms with Gasteiger partial charge in [0.05, 0.1) is 0 Å². The molecule has 1 aliphatic carbocycles. The molecule has 4 rings (SSSR count). The lowest BCUT2D eigenvalue weighted by Crippen LogP contribution is -2.48. The van der Waals surface area contributed by atoms with Crippen LogP contribution in [0.2, 0.25) is 0 Å². The molecular weight excluding hydrogens is 346 g/mol. The molecular formula is C14H8ClNO4S2. The van der Waals surface area contributed by atoms with Gasteiger partial charge in [-0.3, -0.25) is 19.7 Å². The van der Waals surface area contributed by atoms with Gasteiger partial charge in [0.15, 0.2) is 10.5 Å². The van der Waals surface area contributed by atoms with Crippen LogP contribution in [-0.4, -0.2) is 35.6 Å². The van der Waals surface area contributed by atoms with E-state index in [-0.39, 0.29) is 5.78 Å². The molecule has 2 saturated heterocycles. The van der Waals surface area contributed by atoms with Crippen molar-refractivity contribution in [2.24, 2.45) is 0 Å². The fraction of sp³-hybridized carbons (Fsp3) is 0.286. The van der Waals surface area contributed by atoms with Gasteiger partial charge in [0, 0.05) is 10.5 Å². The third-order valence-electron chi connectivity index (χ3n) is 4.32. The van der Waals surface area contributed by atoms with Gasteiger partial charge in [-0.1, -0.05) is 42.5 Å². The van der Waals surface area contributed by atoms with E-state index in [1.807, 2.05) is 0 Å². The minimum Gasteiger partial charge on any atom is -0.292 e. The quantitative estimate of drug-likeness (QED) is 0.207. The van der Waals surface area contributed by atoms with Crippen LogP contribution in [0.3, 0.4) is 0 Å². The average molecular weight is 354 g/mol. The standard InChI is InChI=1S/C14H8ClNO4S2/c15-11(18)12-6-7-13(9(17)8-4-2-1-3-5-8)14(22-13,16(19)20)10(12)21-12/h1-7,10H. The van der Waals surface area contributed by atoms with Gasteiger partial charge in [0.2, 0.25) is 5.24 Å². The number of halogens is 1. The number of fused-ring (bicyclic) bond motifs is 3. The third-order valence-corrected chi connectivity index (χ3v) is 8.31. The predicted octanol–water partition coefficient (Wildman–Crippen LogP) is 2.52. The zero-order chi connectivity index (χ0) is 15.8. The van der Waals surface area contributed by atoms with Crippen LogP contribution in [0, 0.1) is 10.1 Å². The van der Waals surface area contributed by atoms with E-state index in [1.165, 1.54) is 6.08 Å². The Morgan fingerprint density at radius 2 is 1.91 bits per heavy atom. The van der Waals surface area contributed by atoms with E-state index >= 15 is 0 Å². The third kappa shape index (κ3) is 1.44. The lowest BCUT2D eigenvalue weighted by molar-refractivity contribution is -0.526. The number of thioether (sulfide) groups is 2. The van der Waals surface area contributed by atoms with Gasteiger partial charge in [-0.2, -0.15) is 0 Å². The second kappa shape index (κ2) is 4.15. The summed E-state index contributed by atoms with van der Waals surface area (Å²) in [5, 5.41) is 10.5. The molecule has 2 fully saturated rings. The molecule has 4 unspecified atom stereocenters. The normalized spacial score (nSPS) is 40.3. The number of rotatable bonds is 4. The van der Waals surface area contributed by atoms with Crippen LogP contribution in [0.5, 0.6) is 0 Å². The highest BCUT2D eigenvalue weighted by Gasteiger charge is 2.95. The summed E-state index contributed by atoms with van der Waals surface area (Å²) >= 11 is 7.77. The van der Waals surface area contributed by atoms with Gasteiger partial charge in [-0.05, 0) is 23.4 Å². The fourth-order valence-electron chi connectivity index (χ4n) is 3.09. The number of nitrogens with zero attached hydrogens (tertiary/aromatic N) is 1. The Hall–Kier alpha value is -1.31. The van der Waals surface area contributed by atoms with Crippen LogP contribution in [0.25, 0.3) is 0 Å². The molecule has 0 N–H and O–H groups in total. The molecule has 1 aromatic rings. The molecule has 8 heteroatoms. The van der Waals surface area contributed by atoms with E-state index in [0.717, 1.165) is 23.5 Å². The van der Waals surface area contributed by atoms with Crippen molar-refractivity contribution in [1.29, 1.82) is 0 Å². The Balaban J connectivity index is 1.81. The largest absolute Gasteiger partial charge is 0.308 e. The van der Waals surface area contributed by atoms with E-state index in [0.29, 0.717) is 5.56 Å². The van der Waals surface area contributed by atoms with E-state index in [2.05, 4.69) is 0 Å². The molecule has 3 aliphatic rings. The number of nitro groups is 1. The maximum Gasteiger partial charge on any atom is 0.308 e. The zero-order valence-corrected chi connectivity index (χ0v) is 13.3. The maximum atomic E-state index is 12.8. The summed E-state index contributed by atoms with van der Waals surface area (Å²) in [4.78, 5) is 34.2. The summed E-state index contributed by atoms with van der Waals surface area (Å²) in [6.45, 7) is 0. The molecule has 2 heterocycles. The number of carbonyl (C=O) groups is 2. The topological polar surface area (TPSA) is 77.3 Å². The van der Waals surface area contributed by atoms with Crippen molar-refractivity contribution in [3.8, 4) is 0 Å². The predicted molar refractivity (Wildman–Crippen MR) is 84.9 cm³/mol. The van der Waals surface area contributed by atoms with E-state index < -0.39 is 29.8 Å². The Bertz CT molecular complexity index is 769. The summed E-state index contributed by atoms with van der Waals surface area (Å²) < 4.78 is -2.28. The van der Waals surface area contributed by atoms with E-state index in [1.54, 1.807) is 36.4 Å². The van der Waals surface area contributed by atoms with E-state index in [4.69, 9.17) is 11.6 Å². The highest BCUT2D eigenvalue weighted by molar-refractivity contribution is 8.15. The average Bonchev–Trinajstić information content (AvgIpc) is 3.37. The van der Waals surface area contributed by atoms with Crippen molar-refractivity contribution in [1.82, 2.24) is 0 Å². The van der Waals surface area contributed by atoms with Gasteiger partial charge < -0.3 is 0 Å². The summed E-state index contributed by atoms with van der Waals surface area (Å²) in [5.41, 5.74) is 0.429. The van der Waals surface area contributed by atoms with Crippen LogP contribution in [-0.2, 0) is 4.79 Å². The Morgan fingerprint density at radius 3 is 2.50 bits per heavy atom. The molecule has 2 aliphatic heterocycles. The molecule has 1 aromatic carbocycles. The highest BCUT2D eigenvalue weighted by Crippen LogP contribution is 2.81. The smallest absolute Gasteiger partial charge is 0.292 e. The molecule has 0 bridgehead atoms. The van der Waals surface area contributed by atoms with Gasteiger partial charge >= 0.3 is 4.87 Å². The molecule has 0 radical (unpaired) electrons. The summed E-state index contributed by atoms with van der Waals surface area (Å²) in [6, 6.07) is 8.50. The molecule has 0 saturated carbocycles. The molecule has 0 aromatic heterocycles. The minimum absolute atomic E-state index is 0.297. The minimum atomic E-state index is -1.50. The molecule has 5 nitrogen and oxygen atoms in total. The molecule has 0 spiro atoms. The van der Waals surface area contributed by atoms with Crippen molar-refractivity contribution in [3.05, 3.63) is 58.2 Å². The summed E-state index contributed by atoms with van der Waals surface area (Å²) in [5.74, 6) is -0.297. The Morgan fingerprint density at radius 1 is 1.23 bits per heavy atom. The summed E-state index contributed by atoms with van der Waals surface area (Å²) in [7, 11) is 0. The second-order valence-electron chi connectivity index (χ2n) is 5.38.